The number of carbonyl (C=O) groups is 1. The van der Waals surface area contributed by atoms with E-state index in [1.54, 1.807) is 7.11 Å². The Bertz CT molecular complexity index is 873. The van der Waals surface area contributed by atoms with Gasteiger partial charge in [0.05, 0.1) is 7.11 Å². The number of benzene rings is 1. The van der Waals surface area contributed by atoms with Crippen LogP contribution in [-0.2, 0) is 17.6 Å². The molecule has 0 aliphatic carbocycles. The number of carbonyl (C=O) groups excluding carboxylic acids is 1. The predicted octanol–water partition coefficient (Wildman–Crippen LogP) is 4.00. The molecule has 168 valence electrons. The van der Waals surface area contributed by atoms with Crippen molar-refractivity contribution < 1.29 is 9.53 Å². The van der Waals surface area contributed by atoms with Crippen LogP contribution in [-0.4, -0.2) is 59.9 Å². The van der Waals surface area contributed by atoms with E-state index in [1.165, 1.54) is 11.1 Å². The van der Waals surface area contributed by atoms with Crippen molar-refractivity contribution in [1.29, 1.82) is 0 Å². The van der Waals surface area contributed by atoms with E-state index in [0.29, 0.717) is 18.8 Å². The zero-order valence-corrected chi connectivity index (χ0v) is 19.6. The lowest BCUT2D eigenvalue weighted by molar-refractivity contribution is -0.131. The fourth-order valence-corrected chi connectivity index (χ4v) is 4.21. The molecule has 0 unspecified atom stereocenters. The summed E-state index contributed by atoms with van der Waals surface area (Å²) in [4.78, 5) is 26.4. The van der Waals surface area contributed by atoms with Crippen LogP contribution < -0.4 is 9.64 Å². The second-order valence-corrected chi connectivity index (χ2v) is 8.29. The zero-order chi connectivity index (χ0) is 22.2. The lowest BCUT2D eigenvalue weighted by Gasteiger charge is -2.26. The molecule has 1 aliphatic rings. The number of aryl methyl sites for hydroxylation is 2. The van der Waals surface area contributed by atoms with Crippen LogP contribution in [0.5, 0.6) is 5.75 Å². The molecule has 0 saturated carbocycles. The summed E-state index contributed by atoms with van der Waals surface area (Å²) in [5, 5.41) is 0. The smallest absolute Gasteiger partial charge is 0.222 e. The average molecular weight is 445 g/mol. The number of anilines is 1. The highest BCUT2D eigenvalue weighted by molar-refractivity contribution is 6.17. The molecule has 31 heavy (non-hydrogen) atoms. The van der Waals surface area contributed by atoms with Crippen LogP contribution in [0.15, 0.2) is 24.3 Å². The van der Waals surface area contributed by atoms with E-state index in [0.717, 1.165) is 68.4 Å². The number of ether oxygens (including phenoxy) is 1. The first-order valence-corrected chi connectivity index (χ1v) is 11.7. The Morgan fingerprint density at radius 3 is 2.58 bits per heavy atom. The van der Waals surface area contributed by atoms with E-state index in [4.69, 9.17) is 26.3 Å². The minimum atomic E-state index is 0.203. The SMILES string of the molecule is CCc1nc(C)nc(N2CCCN(C(=O)CCCCl)CC2)c1Cc1ccc(OC)cc1. The number of halogens is 1. The van der Waals surface area contributed by atoms with Gasteiger partial charge >= 0.3 is 0 Å². The van der Waals surface area contributed by atoms with E-state index in [2.05, 4.69) is 24.0 Å². The molecule has 2 heterocycles. The molecule has 6 nitrogen and oxygen atoms in total. The number of methoxy groups -OCH3 is 1. The monoisotopic (exact) mass is 444 g/mol. The van der Waals surface area contributed by atoms with Gasteiger partial charge in [0.2, 0.25) is 5.91 Å². The molecule has 3 rings (SSSR count). The Kier molecular flexibility index (Phi) is 8.52. The molecule has 2 aromatic rings. The van der Waals surface area contributed by atoms with Crippen LogP contribution in [0.3, 0.4) is 0 Å². The molecule has 1 aromatic heterocycles. The number of amides is 1. The molecule has 7 heteroatoms. The summed E-state index contributed by atoms with van der Waals surface area (Å²) < 4.78 is 5.29. The lowest BCUT2D eigenvalue weighted by Crippen LogP contribution is -2.35. The van der Waals surface area contributed by atoms with Crippen molar-refractivity contribution in [1.82, 2.24) is 14.9 Å². The standard InChI is InChI=1S/C24H33ClN4O2/c1-4-22-21(17-19-8-10-20(31-3)11-9-19)24(27-18(2)26-22)29-14-6-13-28(15-16-29)23(30)7-5-12-25/h8-11H,4-7,12-17H2,1-3H3. The van der Waals surface area contributed by atoms with Gasteiger partial charge in [-0.25, -0.2) is 9.97 Å². The molecule has 1 amide bonds. The largest absolute Gasteiger partial charge is 0.497 e. The highest BCUT2D eigenvalue weighted by Gasteiger charge is 2.23. The predicted molar refractivity (Wildman–Crippen MR) is 125 cm³/mol. The molecule has 0 atom stereocenters. The van der Waals surface area contributed by atoms with Crippen molar-refractivity contribution in [3.63, 3.8) is 0 Å². The number of hydrogen-bond acceptors (Lipinski definition) is 5. The van der Waals surface area contributed by atoms with Gasteiger partial charge in [0.15, 0.2) is 0 Å². The van der Waals surface area contributed by atoms with Gasteiger partial charge in [-0.2, -0.15) is 0 Å². The number of rotatable bonds is 8. The summed E-state index contributed by atoms with van der Waals surface area (Å²) in [6.45, 7) is 7.27. The fourth-order valence-electron chi connectivity index (χ4n) is 4.08. The number of alkyl halides is 1. The maximum Gasteiger partial charge on any atom is 0.222 e. The third-order valence-corrected chi connectivity index (χ3v) is 6.00. The minimum Gasteiger partial charge on any atom is -0.497 e. The summed E-state index contributed by atoms with van der Waals surface area (Å²) in [6.07, 6.45) is 3.83. The van der Waals surface area contributed by atoms with E-state index in [-0.39, 0.29) is 5.91 Å². The first kappa shape index (κ1) is 23.3. The number of aromatic nitrogens is 2. The molecular weight excluding hydrogens is 412 g/mol. The Morgan fingerprint density at radius 1 is 1.13 bits per heavy atom. The summed E-state index contributed by atoms with van der Waals surface area (Å²) in [6, 6.07) is 8.18. The maximum atomic E-state index is 12.5. The van der Waals surface area contributed by atoms with Crippen LogP contribution in [0.2, 0.25) is 0 Å². The van der Waals surface area contributed by atoms with E-state index < -0.39 is 0 Å². The second-order valence-electron chi connectivity index (χ2n) is 7.91. The van der Waals surface area contributed by atoms with E-state index in [9.17, 15) is 4.79 Å². The van der Waals surface area contributed by atoms with Gasteiger partial charge in [0, 0.05) is 56.2 Å². The Balaban J connectivity index is 1.84. The Labute approximate surface area is 190 Å². The third-order valence-electron chi connectivity index (χ3n) is 5.73. The van der Waals surface area contributed by atoms with Crippen LogP contribution in [0.1, 0.15) is 48.8 Å². The van der Waals surface area contributed by atoms with Crippen molar-refractivity contribution in [2.24, 2.45) is 0 Å². The first-order chi connectivity index (χ1) is 15.0. The first-order valence-electron chi connectivity index (χ1n) is 11.1. The van der Waals surface area contributed by atoms with Crippen LogP contribution in [0, 0.1) is 6.92 Å². The van der Waals surface area contributed by atoms with Crippen molar-refractivity contribution in [2.75, 3.05) is 44.1 Å². The molecule has 0 radical (unpaired) electrons. The Morgan fingerprint density at radius 2 is 1.90 bits per heavy atom. The number of nitrogens with zero attached hydrogens (tertiary/aromatic N) is 4. The fraction of sp³-hybridized carbons (Fsp3) is 0.542. The van der Waals surface area contributed by atoms with Gasteiger partial charge in [-0.3, -0.25) is 4.79 Å². The minimum absolute atomic E-state index is 0.203. The van der Waals surface area contributed by atoms with E-state index >= 15 is 0 Å². The molecular formula is C24H33ClN4O2. The van der Waals surface area contributed by atoms with Crippen LogP contribution in [0.4, 0.5) is 5.82 Å². The van der Waals surface area contributed by atoms with Gasteiger partial charge in [-0.1, -0.05) is 19.1 Å². The zero-order valence-electron chi connectivity index (χ0n) is 18.9. The van der Waals surface area contributed by atoms with Crippen molar-refractivity contribution in [3.8, 4) is 5.75 Å². The highest BCUT2D eigenvalue weighted by Crippen LogP contribution is 2.27. The van der Waals surface area contributed by atoms with Crippen LogP contribution >= 0.6 is 11.6 Å². The molecule has 0 spiro atoms. The summed E-state index contributed by atoms with van der Waals surface area (Å²) >= 11 is 5.76. The van der Waals surface area contributed by atoms with Crippen LogP contribution in [0.25, 0.3) is 0 Å². The molecule has 1 aliphatic heterocycles. The lowest BCUT2D eigenvalue weighted by atomic mass is 10.0. The normalized spacial score (nSPS) is 14.5. The van der Waals surface area contributed by atoms with E-state index in [1.807, 2.05) is 24.0 Å². The average Bonchev–Trinajstić information content (AvgIpc) is 3.05. The van der Waals surface area contributed by atoms with Gasteiger partial charge in [0.25, 0.3) is 0 Å². The molecule has 1 fully saturated rings. The Hall–Kier alpha value is -2.34. The van der Waals surface area contributed by atoms with Gasteiger partial charge < -0.3 is 14.5 Å². The summed E-state index contributed by atoms with van der Waals surface area (Å²) in [5.74, 6) is 3.39. The summed E-state index contributed by atoms with van der Waals surface area (Å²) in [5.41, 5.74) is 3.48. The van der Waals surface area contributed by atoms with Crippen molar-refractivity contribution >= 4 is 23.3 Å². The van der Waals surface area contributed by atoms with Crippen molar-refractivity contribution in [3.05, 3.63) is 46.9 Å². The highest BCUT2D eigenvalue weighted by atomic mass is 35.5. The van der Waals surface area contributed by atoms with Gasteiger partial charge in [-0.05, 0) is 43.9 Å². The number of hydrogen-bond donors (Lipinski definition) is 0. The quantitative estimate of drug-likeness (QED) is 0.576. The molecule has 0 N–H and O–H groups in total. The van der Waals surface area contributed by atoms with Gasteiger partial charge in [-0.15, -0.1) is 11.6 Å². The molecule has 0 bridgehead atoms. The summed E-state index contributed by atoms with van der Waals surface area (Å²) in [7, 11) is 1.68. The molecule has 1 aromatic carbocycles. The van der Waals surface area contributed by atoms with Gasteiger partial charge in [0.1, 0.15) is 17.4 Å². The van der Waals surface area contributed by atoms with Crippen molar-refractivity contribution in [2.45, 2.75) is 46.0 Å². The molecule has 1 saturated heterocycles. The maximum absolute atomic E-state index is 12.5. The second kappa shape index (κ2) is 11.3. The topological polar surface area (TPSA) is 58.6 Å². The third kappa shape index (κ3) is 6.10.